The van der Waals surface area contributed by atoms with E-state index in [0.717, 1.165) is 12.0 Å². The zero-order chi connectivity index (χ0) is 8.81. The van der Waals surface area contributed by atoms with Crippen molar-refractivity contribution in [3.8, 4) is 0 Å². The van der Waals surface area contributed by atoms with Gasteiger partial charge < -0.3 is 5.73 Å². The van der Waals surface area contributed by atoms with E-state index in [4.69, 9.17) is 11.3 Å². The minimum atomic E-state index is 0.567. The molecule has 0 fully saturated rings. The smallest absolute Gasteiger partial charge is 0.0407 e. The molecule has 1 aromatic carbocycles. The molecule has 12 heavy (non-hydrogen) atoms. The van der Waals surface area contributed by atoms with Crippen LogP contribution < -0.4 is 5.73 Å². The van der Waals surface area contributed by atoms with Gasteiger partial charge in [-0.05, 0) is 24.1 Å². The summed E-state index contributed by atoms with van der Waals surface area (Å²) in [4.78, 5) is 2.73. The van der Waals surface area contributed by atoms with Crippen LogP contribution >= 0.6 is 0 Å². The Hall–Kier alpha value is -1.51. The van der Waals surface area contributed by atoms with Gasteiger partial charge in [0.2, 0.25) is 0 Å². The molecule has 0 aromatic heterocycles. The zero-order valence-corrected chi connectivity index (χ0v) is 6.64. The largest absolute Gasteiger partial charge is 0.330 e. The molecule has 2 N–H and O–H groups in total. The Labute approximate surface area is 70.6 Å². The summed E-state index contributed by atoms with van der Waals surface area (Å²) >= 11 is 0. The minimum absolute atomic E-state index is 0.567. The van der Waals surface area contributed by atoms with Crippen LogP contribution in [-0.4, -0.2) is 6.54 Å². The first kappa shape index (κ1) is 8.59. The van der Waals surface area contributed by atoms with Crippen molar-refractivity contribution in [2.45, 2.75) is 6.42 Å². The summed E-state index contributed by atoms with van der Waals surface area (Å²) in [5, 5.41) is 3.55. The Kier molecular flexibility index (Phi) is 3.14. The molecule has 0 atom stereocenters. The van der Waals surface area contributed by atoms with Gasteiger partial charge in [0, 0.05) is 10.6 Å². The fraction of sp³-hybridized carbons (Fsp3) is 0.250. The Morgan fingerprint density at radius 1 is 1.42 bits per heavy atom. The van der Waals surface area contributed by atoms with Crippen molar-refractivity contribution in [2.75, 3.05) is 6.54 Å². The first-order valence-corrected chi connectivity index (χ1v) is 3.71. The van der Waals surface area contributed by atoms with Crippen LogP contribution in [0.15, 0.2) is 29.4 Å². The van der Waals surface area contributed by atoms with Crippen LogP contribution in [0.5, 0.6) is 0 Å². The molecule has 1 rings (SSSR count). The van der Waals surface area contributed by atoms with Gasteiger partial charge in [-0.25, -0.2) is 0 Å². The predicted molar refractivity (Wildman–Crippen MR) is 48.0 cm³/mol. The van der Waals surface area contributed by atoms with Crippen LogP contribution in [0, 0.1) is 0 Å². The molecule has 1 aromatic rings. The van der Waals surface area contributed by atoms with Crippen molar-refractivity contribution in [2.24, 2.45) is 10.8 Å². The number of azide groups is 1. The fourth-order valence-electron chi connectivity index (χ4n) is 1.02. The summed E-state index contributed by atoms with van der Waals surface area (Å²) in [5.74, 6) is 0. The van der Waals surface area contributed by atoms with Crippen LogP contribution in [0.3, 0.4) is 0 Å². The van der Waals surface area contributed by atoms with Crippen LogP contribution in [0.25, 0.3) is 10.4 Å². The highest BCUT2D eigenvalue weighted by Gasteiger charge is 1.96. The highest BCUT2D eigenvalue weighted by molar-refractivity contribution is 5.45. The van der Waals surface area contributed by atoms with Crippen molar-refractivity contribution in [3.05, 3.63) is 40.3 Å². The number of nitrogens with two attached hydrogens (primary N) is 1. The molecule has 0 aliphatic heterocycles. The molecule has 0 aliphatic carbocycles. The van der Waals surface area contributed by atoms with Gasteiger partial charge in [-0.1, -0.05) is 29.4 Å². The van der Waals surface area contributed by atoms with Gasteiger partial charge in [-0.15, -0.1) is 0 Å². The average molecular weight is 162 g/mol. The lowest BCUT2D eigenvalue weighted by molar-refractivity contribution is 0.967. The summed E-state index contributed by atoms with van der Waals surface area (Å²) in [5.41, 5.74) is 15.3. The zero-order valence-electron chi connectivity index (χ0n) is 6.64. The van der Waals surface area contributed by atoms with Crippen LogP contribution in [0.1, 0.15) is 5.56 Å². The average Bonchev–Trinajstić information content (AvgIpc) is 2.09. The molecule has 0 aliphatic rings. The highest BCUT2D eigenvalue weighted by atomic mass is 15.1. The van der Waals surface area contributed by atoms with Crippen LogP contribution in [0.4, 0.5) is 5.69 Å². The Balaban J connectivity index is 2.99. The van der Waals surface area contributed by atoms with Gasteiger partial charge in [0.25, 0.3) is 0 Å². The normalized spacial score (nSPS) is 9.08. The van der Waals surface area contributed by atoms with Crippen molar-refractivity contribution in [1.82, 2.24) is 0 Å². The van der Waals surface area contributed by atoms with E-state index in [1.165, 1.54) is 0 Å². The van der Waals surface area contributed by atoms with E-state index in [1.807, 2.05) is 18.2 Å². The lowest BCUT2D eigenvalue weighted by Crippen LogP contribution is -2.02. The third kappa shape index (κ3) is 1.99. The summed E-state index contributed by atoms with van der Waals surface area (Å²) in [6.07, 6.45) is 0.745. The number of nitrogens with zero attached hydrogens (tertiary/aromatic N) is 3. The molecule has 0 unspecified atom stereocenters. The van der Waals surface area contributed by atoms with Gasteiger partial charge in [0.1, 0.15) is 0 Å². The van der Waals surface area contributed by atoms with Gasteiger partial charge in [0.05, 0.1) is 0 Å². The van der Waals surface area contributed by atoms with Crippen molar-refractivity contribution < 1.29 is 0 Å². The molecular formula is C8H10N4. The SMILES string of the molecule is [N-]=[N+]=Nc1ccccc1CCN. The van der Waals surface area contributed by atoms with Crippen molar-refractivity contribution in [1.29, 1.82) is 0 Å². The van der Waals surface area contributed by atoms with Crippen LogP contribution in [0.2, 0.25) is 0 Å². The van der Waals surface area contributed by atoms with Gasteiger partial charge in [-0.2, -0.15) is 0 Å². The molecule has 4 nitrogen and oxygen atoms in total. The lowest BCUT2D eigenvalue weighted by Gasteiger charge is -2.00. The van der Waals surface area contributed by atoms with E-state index >= 15 is 0 Å². The summed E-state index contributed by atoms with van der Waals surface area (Å²) < 4.78 is 0. The molecule has 0 saturated carbocycles. The number of hydrogen-bond donors (Lipinski definition) is 1. The first-order chi connectivity index (χ1) is 5.88. The molecule has 62 valence electrons. The first-order valence-electron chi connectivity index (χ1n) is 3.71. The molecule has 0 amide bonds. The Morgan fingerprint density at radius 2 is 2.17 bits per heavy atom. The Bertz CT molecular complexity index is 302. The monoisotopic (exact) mass is 162 g/mol. The molecule has 0 radical (unpaired) electrons. The molecule has 4 heteroatoms. The molecule has 0 bridgehead atoms. The van der Waals surface area contributed by atoms with E-state index in [0.29, 0.717) is 12.2 Å². The van der Waals surface area contributed by atoms with E-state index in [9.17, 15) is 0 Å². The van der Waals surface area contributed by atoms with E-state index < -0.39 is 0 Å². The van der Waals surface area contributed by atoms with Gasteiger partial charge in [-0.3, -0.25) is 0 Å². The maximum atomic E-state index is 8.24. The molecular weight excluding hydrogens is 152 g/mol. The van der Waals surface area contributed by atoms with Crippen LogP contribution in [-0.2, 0) is 6.42 Å². The standard InChI is InChI=1S/C8H10N4/c9-6-5-7-3-1-2-4-8(7)11-12-10/h1-4H,5-6,9H2. The molecule has 0 saturated heterocycles. The number of benzene rings is 1. The number of hydrogen-bond acceptors (Lipinski definition) is 2. The second-order valence-electron chi connectivity index (χ2n) is 2.36. The highest BCUT2D eigenvalue weighted by Crippen LogP contribution is 2.18. The minimum Gasteiger partial charge on any atom is -0.330 e. The number of rotatable bonds is 3. The quantitative estimate of drug-likeness (QED) is 0.412. The maximum Gasteiger partial charge on any atom is 0.0407 e. The van der Waals surface area contributed by atoms with E-state index in [2.05, 4.69) is 10.0 Å². The second-order valence-corrected chi connectivity index (χ2v) is 2.36. The molecule has 0 heterocycles. The molecule has 0 spiro atoms. The third-order valence-corrected chi connectivity index (χ3v) is 1.56. The maximum absolute atomic E-state index is 8.24. The lowest BCUT2D eigenvalue weighted by atomic mass is 10.1. The topological polar surface area (TPSA) is 74.8 Å². The second kappa shape index (κ2) is 4.38. The van der Waals surface area contributed by atoms with Crippen molar-refractivity contribution >= 4 is 5.69 Å². The predicted octanol–water partition coefficient (Wildman–Crippen LogP) is 2.13. The summed E-state index contributed by atoms with van der Waals surface area (Å²) in [6, 6.07) is 7.44. The Morgan fingerprint density at radius 3 is 2.83 bits per heavy atom. The van der Waals surface area contributed by atoms with E-state index in [1.54, 1.807) is 6.07 Å². The summed E-state index contributed by atoms with van der Waals surface area (Å²) in [7, 11) is 0. The fourth-order valence-corrected chi connectivity index (χ4v) is 1.02. The van der Waals surface area contributed by atoms with Crippen molar-refractivity contribution in [3.63, 3.8) is 0 Å². The third-order valence-electron chi connectivity index (χ3n) is 1.56. The van der Waals surface area contributed by atoms with Gasteiger partial charge >= 0.3 is 0 Å². The van der Waals surface area contributed by atoms with Gasteiger partial charge in [0.15, 0.2) is 0 Å². The van der Waals surface area contributed by atoms with E-state index in [-0.39, 0.29) is 0 Å². The summed E-state index contributed by atoms with van der Waals surface area (Å²) in [6.45, 7) is 0.567.